The number of carbonyl (C=O) groups is 1. The maximum atomic E-state index is 12.1. The van der Waals surface area contributed by atoms with Crippen molar-refractivity contribution in [2.45, 2.75) is 6.42 Å². The Morgan fingerprint density at radius 2 is 1.65 bits per heavy atom. The van der Waals surface area contributed by atoms with Gasteiger partial charge in [-0.15, -0.1) is 0 Å². The van der Waals surface area contributed by atoms with Crippen LogP contribution in [0.1, 0.15) is 16.7 Å². The molecule has 1 amide bonds. The molecule has 0 unspecified atom stereocenters. The molecule has 1 aromatic heterocycles. The highest BCUT2D eigenvalue weighted by atomic mass is 35.5. The summed E-state index contributed by atoms with van der Waals surface area (Å²) in [5.41, 5.74) is 3.83. The molecule has 1 N–H and O–H groups in total. The number of pyridine rings is 1. The Labute approximate surface area is 162 Å². The summed E-state index contributed by atoms with van der Waals surface area (Å²) in [4.78, 5) is 16.1. The van der Waals surface area contributed by atoms with E-state index in [4.69, 9.17) is 23.2 Å². The van der Waals surface area contributed by atoms with Crippen LogP contribution >= 0.6 is 23.2 Å². The van der Waals surface area contributed by atoms with Gasteiger partial charge in [0.25, 0.3) is 0 Å². The minimum atomic E-state index is -0.224. The van der Waals surface area contributed by atoms with Crippen molar-refractivity contribution < 1.29 is 4.79 Å². The summed E-state index contributed by atoms with van der Waals surface area (Å²) in [5, 5.41) is 3.89. The molecular weight excluding hydrogens is 367 g/mol. The summed E-state index contributed by atoms with van der Waals surface area (Å²) >= 11 is 11.9. The largest absolute Gasteiger partial charge is 0.323 e. The van der Waals surface area contributed by atoms with Crippen molar-refractivity contribution in [2.24, 2.45) is 0 Å². The van der Waals surface area contributed by atoms with Gasteiger partial charge in [-0.25, -0.2) is 0 Å². The van der Waals surface area contributed by atoms with Crippen molar-refractivity contribution >= 4 is 40.9 Å². The molecule has 0 aliphatic heterocycles. The molecule has 0 radical (unpaired) electrons. The number of nitrogens with one attached hydrogen (secondary N) is 1. The third kappa shape index (κ3) is 5.19. The van der Waals surface area contributed by atoms with E-state index in [9.17, 15) is 4.79 Å². The number of anilines is 1. The molecule has 0 aliphatic carbocycles. The molecule has 3 nitrogen and oxygen atoms in total. The maximum absolute atomic E-state index is 12.1. The van der Waals surface area contributed by atoms with Crippen LogP contribution in [0.4, 0.5) is 5.69 Å². The first kappa shape index (κ1) is 18.2. The smallest absolute Gasteiger partial charge is 0.248 e. The Morgan fingerprint density at radius 3 is 2.35 bits per heavy atom. The number of benzene rings is 2. The van der Waals surface area contributed by atoms with Gasteiger partial charge < -0.3 is 5.32 Å². The molecule has 0 atom stereocenters. The zero-order valence-corrected chi connectivity index (χ0v) is 15.3. The number of aromatic nitrogens is 1. The van der Waals surface area contributed by atoms with Crippen LogP contribution in [0.5, 0.6) is 0 Å². The summed E-state index contributed by atoms with van der Waals surface area (Å²) in [5.74, 6) is -0.224. The minimum Gasteiger partial charge on any atom is -0.323 e. The Balaban J connectivity index is 1.60. The zero-order valence-electron chi connectivity index (χ0n) is 13.8. The summed E-state index contributed by atoms with van der Waals surface area (Å²) in [6.07, 6.45) is 7.49. The van der Waals surface area contributed by atoms with Crippen LogP contribution in [0.2, 0.25) is 10.0 Å². The highest BCUT2D eigenvalue weighted by Gasteiger charge is 2.02. The van der Waals surface area contributed by atoms with Crippen molar-refractivity contribution in [3.63, 3.8) is 0 Å². The molecule has 1 heterocycles. The predicted molar refractivity (Wildman–Crippen MR) is 108 cm³/mol. The fourth-order valence-corrected chi connectivity index (χ4v) is 2.90. The van der Waals surface area contributed by atoms with Crippen molar-refractivity contribution in [1.82, 2.24) is 4.98 Å². The van der Waals surface area contributed by atoms with Crippen LogP contribution in [-0.4, -0.2) is 10.9 Å². The first-order chi connectivity index (χ1) is 12.6. The van der Waals surface area contributed by atoms with Crippen LogP contribution in [0.15, 0.2) is 73.1 Å². The van der Waals surface area contributed by atoms with Crippen LogP contribution in [-0.2, 0) is 11.2 Å². The Bertz CT molecular complexity index is 923. The van der Waals surface area contributed by atoms with E-state index in [1.165, 1.54) is 11.6 Å². The number of hydrogen-bond acceptors (Lipinski definition) is 2. The zero-order chi connectivity index (χ0) is 18.4. The quantitative estimate of drug-likeness (QED) is 0.580. The first-order valence-corrected chi connectivity index (χ1v) is 8.78. The number of hydrogen-bond donors (Lipinski definition) is 1. The highest BCUT2D eigenvalue weighted by molar-refractivity contribution is 6.35. The molecule has 0 bridgehead atoms. The number of rotatable bonds is 5. The van der Waals surface area contributed by atoms with Crippen LogP contribution in [0.3, 0.4) is 0 Å². The molecule has 0 aliphatic rings. The second-order valence-electron chi connectivity index (χ2n) is 5.72. The summed E-state index contributed by atoms with van der Waals surface area (Å²) in [7, 11) is 0. The lowest BCUT2D eigenvalue weighted by Gasteiger charge is -2.05. The average Bonchev–Trinajstić information content (AvgIpc) is 2.63. The van der Waals surface area contributed by atoms with E-state index in [1.54, 1.807) is 36.7 Å². The van der Waals surface area contributed by atoms with Crippen LogP contribution in [0, 0.1) is 0 Å². The molecule has 0 saturated carbocycles. The molecule has 2 aromatic carbocycles. The lowest BCUT2D eigenvalue weighted by molar-refractivity contribution is -0.111. The van der Waals surface area contributed by atoms with Gasteiger partial charge in [-0.05, 0) is 65.6 Å². The third-order valence-corrected chi connectivity index (χ3v) is 4.32. The van der Waals surface area contributed by atoms with Crippen molar-refractivity contribution in [3.8, 4) is 0 Å². The Hall–Kier alpha value is -2.62. The number of halogens is 2. The molecule has 0 saturated heterocycles. The van der Waals surface area contributed by atoms with Gasteiger partial charge in [0, 0.05) is 34.2 Å². The van der Waals surface area contributed by atoms with Crippen molar-refractivity contribution in [3.05, 3.63) is 99.8 Å². The van der Waals surface area contributed by atoms with E-state index in [-0.39, 0.29) is 5.91 Å². The average molecular weight is 383 g/mol. The van der Waals surface area contributed by atoms with E-state index in [0.717, 1.165) is 23.2 Å². The van der Waals surface area contributed by atoms with Gasteiger partial charge in [-0.3, -0.25) is 9.78 Å². The maximum Gasteiger partial charge on any atom is 0.248 e. The minimum absolute atomic E-state index is 0.224. The van der Waals surface area contributed by atoms with Gasteiger partial charge in [0.05, 0.1) is 0 Å². The second-order valence-corrected chi connectivity index (χ2v) is 6.56. The van der Waals surface area contributed by atoms with Crippen LogP contribution in [0.25, 0.3) is 6.08 Å². The topological polar surface area (TPSA) is 42.0 Å². The number of carbonyl (C=O) groups excluding carboxylic acids is 1. The standard InChI is InChI=1S/C21H16Cl2N2O/c22-18-5-3-17(20(23)14-18)4-8-21(26)25-19-6-1-15(2-7-19)13-16-9-11-24-12-10-16/h1-12,14H,13H2,(H,25,26)/b8-4+. The SMILES string of the molecule is O=C(/C=C/c1ccc(Cl)cc1Cl)Nc1ccc(Cc2ccncc2)cc1. The number of amides is 1. The summed E-state index contributed by atoms with van der Waals surface area (Å²) in [6, 6.07) is 16.9. The number of nitrogens with zero attached hydrogens (tertiary/aromatic N) is 1. The Morgan fingerprint density at radius 1 is 0.962 bits per heavy atom. The van der Waals surface area contributed by atoms with E-state index < -0.39 is 0 Å². The van der Waals surface area contributed by atoms with Gasteiger partial charge >= 0.3 is 0 Å². The molecular formula is C21H16Cl2N2O. The van der Waals surface area contributed by atoms with E-state index in [2.05, 4.69) is 10.3 Å². The van der Waals surface area contributed by atoms with Crippen LogP contribution < -0.4 is 5.32 Å². The first-order valence-electron chi connectivity index (χ1n) is 8.02. The second kappa shape index (κ2) is 8.65. The fraction of sp³-hybridized carbons (Fsp3) is 0.0476. The van der Waals surface area contributed by atoms with E-state index >= 15 is 0 Å². The Kier molecular flexibility index (Phi) is 6.05. The third-order valence-electron chi connectivity index (χ3n) is 3.76. The summed E-state index contributed by atoms with van der Waals surface area (Å²) < 4.78 is 0. The van der Waals surface area contributed by atoms with Crippen molar-refractivity contribution in [1.29, 1.82) is 0 Å². The van der Waals surface area contributed by atoms with Gasteiger partial charge in [0.1, 0.15) is 0 Å². The molecule has 5 heteroatoms. The predicted octanol–water partition coefficient (Wildman–Crippen LogP) is 5.63. The van der Waals surface area contributed by atoms with Gasteiger partial charge in [0.2, 0.25) is 5.91 Å². The van der Waals surface area contributed by atoms with Gasteiger partial charge in [-0.1, -0.05) is 41.4 Å². The molecule has 130 valence electrons. The molecule has 26 heavy (non-hydrogen) atoms. The monoisotopic (exact) mass is 382 g/mol. The van der Waals surface area contributed by atoms with E-state index in [1.807, 2.05) is 36.4 Å². The molecule has 0 spiro atoms. The molecule has 3 aromatic rings. The summed E-state index contributed by atoms with van der Waals surface area (Å²) in [6.45, 7) is 0. The molecule has 0 fully saturated rings. The highest BCUT2D eigenvalue weighted by Crippen LogP contribution is 2.22. The normalized spacial score (nSPS) is 10.8. The lowest BCUT2D eigenvalue weighted by Crippen LogP contribution is -2.07. The van der Waals surface area contributed by atoms with Gasteiger partial charge in [-0.2, -0.15) is 0 Å². The van der Waals surface area contributed by atoms with Gasteiger partial charge in [0.15, 0.2) is 0 Å². The van der Waals surface area contributed by atoms with Crippen molar-refractivity contribution in [2.75, 3.05) is 5.32 Å². The molecule has 3 rings (SSSR count). The van der Waals surface area contributed by atoms with E-state index in [0.29, 0.717) is 10.0 Å². The fourth-order valence-electron chi connectivity index (χ4n) is 2.43. The lowest BCUT2D eigenvalue weighted by atomic mass is 10.1.